The fourth-order valence-electron chi connectivity index (χ4n) is 2.47. The van der Waals surface area contributed by atoms with E-state index < -0.39 is 5.54 Å². The Labute approximate surface area is 114 Å². The first-order valence-corrected chi connectivity index (χ1v) is 7.16. The molecule has 2 saturated heterocycles. The van der Waals surface area contributed by atoms with Crippen molar-refractivity contribution in [2.45, 2.75) is 24.8 Å². The standard InChI is InChI=1S/C13H25N3O3/c14-13(2-8-18-9-3-13)12(17)15-4-1-5-16-6-10-19-11-7-16/h1-11,14H2,(H,15,17). The van der Waals surface area contributed by atoms with Crippen LogP contribution >= 0.6 is 0 Å². The Kier molecular flexibility index (Phi) is 5.57. The third kappa shape index (κ3) is 4.42. The molecule has 2 aliphatic heterocycles. The van der Waals surface area contributed by atoms with Crippen LogP contribution in [0.3, 0.4) is 0 Å². The molecule has 0 aromatic heterocycles. The number of amides is 1. The molecule has 0 saturated carbocycles. The molecule has 0 unspecified atom stereocenters. The van der Waals surface area contributed by atoms with E-state index in [0.717, 1.165) is 39.3 Å². The molecule has 0 atom stereocenters. The van der Waals surface area contributed by atoms with Crippen molar-refractivity contribution < 1.29 is 14.3 Å². The molecule has 110 valence electrons. The molecule has 2 heterocycles. The van der Waals surface area contributed by atoms with Crippen molar-refractivity contribution in [3.8, 4) is 0 Å². The highest BCUT2D eigenvalue weighted by atomic mass is 16.5. The lowest BCUT2D eigenvalue weighted by molar-refractivity contribution is -0.129. The summed E-state index contributed by atoms with van der Waals surface area (Å²) in [7, 11) is 0. The summed E-state index contributed by atoms with van der Waals surface area (Å²) in [6, 6.07) is 0. The highest BCUT2D eigenvalue weighted by Gasteiger charge is 2.35. The maximum absolute atomic E-state index is 12.0. The number of nitrogens with one attached hydrogen (secondary N) is 1. The maximum atomic E-state index is 12.0. The van der Waals surface area contributed by atoms with Crippen molar-refractivity contribution >= 4 is 5.91 Å². The van der Waals surface area contributed by atoms with Gasteiger partial charge in [0.05, 0.1) is 18.8 Å². The van der Waals surface area contributed by atoms with Crippen LogP contribution in [0.2, 0.25) is 0 Å². The molecule has 0 aromatic carbocycles. The third-order valence-electron chi connectivity index (χ3n) is 3.88. The Hall–Kier alpha value is -0.690. The smallest absolute Gasteiger partial charge is 0.240 e. The lowest BCUT2D eigenvalue weighted by Gasteiger charge is -2.32. The van der Waals surface area contributed by atoms with Crippen LogP contribution < -0.4 is 11.1 Å². The molecular weight excluding hydrogens is 246 g/mol. The van der Waals surface area contributed by atoms with E-state index in [4.69, 9.17) is 15.2 Å². The van der Waals surface area contributed by atoms with Gasteiger partial charge in [-0.2, -0.15) is 0 Å². The first-order valence-electron chi connectivity index (χ1n) is 7.16. The van der Waals surface area contributed by atoms with E-state index >= 15 is 0 Å². The van der Waals surface area contributed by atoms with E-state index in [9.17, 15) is 4.79 Å². The molecule has 6 heteroatoms. The van der Waals surface area contributed by atoms with Gasteiger partial charge in [-0.15, -0.1) is 0 Å². The number of hydrogen-bond donors (Lipinski definition) is 2. The average Bonchev–Trinajstić information content (AvgIpc) is 2.45. The summed E-state index contributed by atoms with van der Waals surface area (Å²) in [5.41, 5.74) is 5.38. The quantitative estimate of drug-likeness (QED) is 0.649. The predicted molar refractivity (Wildman–Crippen MR) is 71.9 cm³/mol. The molecular formula is C13H25N3O3. The van der Waals surface area contributed by atoms with Crippen LogP contribution in [0, 0.1) is 0 Å². The fraction of sp³-hybridized carbons (Fsp3) is 0.923. The molecule has 0 radical (unpaired) electrons. The largest absolute Gasteiger partial charge is 0.381 e. The van der Waals surface area contributed by atoms with E-state index in [1.54, 1.807) is 0 Å². The van der Waals surface area contributed by atoms with Gasteiger partial charge in [-0.3, -0.25) is 9.69 Å². The normalized spacial score (nSPS) is 24.1. The number of ether oxygens (including phenoxy) is 2. The molecule has 19 heavy (non-hydrogen) atoms. The van der Waals surface area contributed by atoms with Crippen molar-refractivity contribution in [2.75, 3.05) is 52.6 Å². The van der Waals surface area contributed by atoms with Crippen molar-refractivity contribution in [1.29, 1.82) is 0 Å². The van der Waals surface area contributed by atoms with Gasteiger partial charge < -0.3 is 20.5 Å². The van der Waals surface area contributed by atoms with Gasteiger partial charge in [0.25, 0.3) is 0 Å². The van der Waals surface area contributed by atoms with Crippen molar-refractivity contribution in [2.24, 2.45) is 5.73 Å². The minimum atomic E-state index is -0.725. The fourth-order valence-corrected chi connectivity index (χ4v) is 2.47. The summed E-state index contributed by atoms with van der Waals surface area (Å²) < 4.78 is 10.5. The predicted octanol–water partition coefficient (Wildman–Crippen LogP) is -0.667. The van der Waals surface area contributed by atoms with Crippen LogP contribution in [-0.4, -0.2) is 69.0 Å². The number of carbonyl (C=O) groups excluding carboxylic acids is 1. The number of rotatable bonds is 5. The second-order valence-corrected chi connectivity index (χ2v) is 5.33. The summed E-state index contributed by atoms with van der Waals surface area (Å²) in [4.78, 5) is 14.4. The SMILES string of the molecule is NC1(C(=O)NCCCN2CCOCC2)CCOCC1. The van der Waals surface area contributed by atoms with E-state index in [-0.39, 0.29) is 5.91 Å². The van der Waals surface area contributed by atoms with Gasteiger partial charge >= 0.3 is 0 Å². The Bertz CT molecular complexity index is 287. The van der Waals surface area contributed by atoms with Crippen LogP contribution in [0.15, 0.2) is 0 Å². The summed E-state index contributed by atoms with van der Waals surface area (Å²) in [5.74, 6) is -0.0298. The Morgan fingerprint density at radius 1 is 1.16 bits per heavy atom. The van der Waals surface area contributed by atoms with Crippen molar-refractivity contribution in [1.82, 2.24) is 10.2 Å². The second-order valence-electron chi connectivity index (χ2n) is 5.33. The molecule has 0 aliphatic carbocycles. The average molecular weight is 271 g/mol. The van der Waals surface area contributed by atoms with Crippen molar-refractivity contribution in [3.05, 3.63) is 0 Å². The Morgan fingerprint density at radius 2 is 1.79 bits per heavy atom. The number of nitrogens with two attached hydrogens (primary N) is 1. The minimum Gasteiger partial charge on any atom is -0.381 e. The Balaban J connectivity index is 1.60. The second kappa shape index (κ2) is 7.19. The topological polar surface area (TPSA) is 76.8 Å². The molecule has 0 spiro atoms. The van der Waals surface area contributed by atoms with Crippen molar-refractivity contribution in [3.63, 3.8) is 0 Å². The van der Waals surface area contributed by atoms with Gasteiger partial charge in [-0.1, -0.05) is 0 Å². The zero-order chi connectivity index (χ0) is 13.6. The summed E-state index contributed by atoms with van der Waals surface area (Å²) >= 11 is 0. The van der Waals surface area contributed by atoms with Crippen LogP contribution in [0.4, 0.5) is 0 Å². The molecule has 1 amide bonds. The molecule has 2 rings (SSSR count). The first-order chi connectivity index (χ1) is 9.21. The van der Waals surface area contributed by atoms with Gasteiger partial charge in [0, 0.05) is 32.8 Å². The number of nitrogens with zero attached hydrogens (tertiary/aromatic N) is 1. The molecule has 0 bridgehead atoms. The first kappa shape index (κ1) is 14.7. The molecule has 2 aliphatic rings. The highest BCUT2D eigenvalue weighted by molar-refractivity contribution is 5.86. The van der Waals surface area contributed by atoms with Crippen LogP contribution in [0.5, 0.6) is 0 Å². The van der Waals surface area contributed by atoms with E-state index in [1.807, 2.05) is 0 Å². The van der Waals surface area contributed by atoms with Gasteiger partial charge in [0.2, 0.25) is 5.91 Å². The van der Waals surface area contributed by atoms with Crippen LogP contribution in [-0.2, 0) is 14.3 Å². The van der Waals surface area contributed by atoms with Gasteiger partial charge in [0.15, 0.2) is 0 Å². The van der Waals surface area contributed by atoms with Gasteiger partial charge in [-0.05, 0) is 25.8 Å². The lowest BCUT2D eigenvalue weighted by atomic mass is 9.90. The lowest BCUT2D eigenvalue weighted by Crippen LogP contribution is -2.57. The van der Waals surface area contributed by atoms with Crippen LogP contribution in [0.1, 0.15) is 19.3 Å². The van der Waals surface area contributed by atoms with Gasteiger partial charge in [0.1, 0.15) is 0 Å². The molecule has 6 nitrogen and oxygen atoms in total. The molecule has 2 fully saturated rings. The van der Waals surface area contributed by atoms with Crippen LogP contribution in [0.25, 0.3) is 0 Å². The highest BCUT2D eigenvalue weighted by Crippen LogP contribution is 2.17. The van der Waals surface area contributed by atoms with E-state index in [2.05, 4.69) is 10.2 Å². The summed E-state index contributed by atoms with van der Waals surface area (Å²) in [6.07, 6.45) is 2.18. The summed E-state index contributed by atoms with van der Waals surface area (Å²) in [5, 5.41) is 2.96. The molecule has 0 aromatic rings. The number of carbonyl (C=O) groups is 1. The zero-order valence-corrected chi connectivity index (χ0v) is 11.5. The number of hydrogen-bond acceptors (Lipinski definition) is 5. The Morgan fingerprint density at radius 3 is 2.47 bits per heavy atom. The zero-order valence-electron chi connectivity index (χ0n) is 11.5. The number of morpholine rings is 1. The van der Waals surface area contributed by atoms with E-state index in [1.165, 1.54) is 0 Å². The van der Waals surface area contributed by atoms with Gasteiger partial charge in [-0.25, -0.2) is 0 Å². The molecule has 3 N–H and O–H groups in total. The minimum absolute atomic E-state index is 0.0298. The third-order valence-corrected chi connectivity index (χ3v) is 3.88. The van der Waals surface area contributed by atoms with E-state index in [0.29, 0.717) is 32.6 Å². The monoisotopic (exact) mass is 271 g/mol. The summed E-state index contributed by atoms with van der Waals surface area (Å²) in [6.45, 7) is 6.48. The maximum Gasteiger partial charge on any atom is 0.240 e.